The van der Waals surface area contributed by atoms with Crippen LogP contribution in [0.2, 0.25) is 0 Å². The van der Waals surface area contributed by atoms with E-state index in [-0.39, 0.29) is 0 Å². The van der Waals surface area contributed by atoms with Crippen LogP contribution in [0.3, 0.4) is 0 Å². The van der Waals surface area contributed by atoms with Gasteiger partial charge in [-0.15, -0.1) is 0 Å². The van der Waals surface area contributed by atoms with Gasteiger partial charge in [-0.3, -0.25) is 0 Å². The van der Waals surface area contributed by atoms with Crippen LogP contribution >= 0.6 is 0 Å². The van der Waals surface area contributed by atoms with Gasteiger partial charge in [0.2, 0.25) is 0 Å². The van der Waals surface area contributed by atoms with Gasteiger partial charge < -0.3 is 19.7 Å². The van der Waals surface area contributed by atoms with Crippen molar-refractivity contribution in [3.8, 4) is 44.5 Å². The Balaban J connectivity index is 1.21. The van der Waals surface area contributed by atoms with E-state index in [1.165, 1.54) is 0 Å². The zero-order valence-electron chi connectivity index (χ0n) is 33.2. The lowest BCUT2D eigenvalue weighted by Gasteiger charge is -2.42. The lowest BCUT2D eigenvalue weighted by molar-refractivity contribution is -0.172. The maximum Gasteiger partial charge on any atom is 0.164 e. The van der Waals surface area contributed by atoms with Crippen LogP contribution in [0.15, 0.2) is 218 Å². The molecule has 0 bridgehead atoms. The Kier molecular flexibility index (Phi) is 10.2. The molecule has 0 saturated carbocycles. The van der Waals surface area contributed by atoms with E-state index >= 15 is 0 Å². The fourth-order valence-corrected chi connectivity index (χ4v) is 8.55. The van der Waals surface area contributed by atoms with E-state index in [1.54, 1.807) is 0 Å². The molecule has 8 aromatic rings. The van der Waals surface area contributed by atoms with Crippen LogP contribution in [-0.4, -0.2) is 28.2 Å². The summed E-state index contributed by atoms with van der Waals surface area (Å²) in [6, 6.07) is 72.6. The summed E-state index contributed by atoms with van der Waals surface area (Å²) in [7, 11) is 0. The lowest BCUT2D eigenvalue weighted by atomic mass is 9.71. The number of rotatable bonds is 10. The van der Waals surface area contributed by atoms with Crippen molar-refractivity contribution >= 4 is 0 Å². The fourth-order valence-electron chi connectivity index (χ4n) is 8.55. The third-order valence-electron chi connectivity index (χ3n) is 11.6. The number of hydrogen-bond acceptors (Lipinski definition) is 4. The minimum atomic E-state index is -1.79. The first-order valence-corrected chi connectivity index (χ1v) is 20.2. The highest BCUT2D eigenvalue weighted by Gasteiger charge is 2.61. The molecular weight excluding hydrogens is 725 g/mol. The summed E-state index contributed by atoms with van der Waals surface area (Å²) in [5.74, 6) is -1.18. The van der Waals surface area contributed by atoms with Crippen molar-refractivity contribution in [1.82, 2.24) is 0 Å². The first-order chi connectivity index (χ1) is 28.7. The highest BCUT2D eigenvalue weighted by Crippen LogP contribution is 2.51. The molecule has 4 nitrogen and oxygen atoms in total. The van der Waals surface area contributed by atoms with Crippen LogP contribution in [0.5, 0.6) is 0 Å². The predicted octanol–water partition coefficient (Wildman–Crippen LogP) is 12.0. The first-order valence-electron chi connectivity index (χ1n) is 20.2. The highest BCUT2D eigenvalue weighted by atomic mass is 16.8. The fraction of sp³-hybridized carbons (Fsp3) is 0.127. The lowest BCUT2D eigenvalue weighted by Crippen LogP contribution is -2.55. The van der Waals surface area contributed by atoms with E-state index in [0.29, 0.717) is 22.3 Å². The summed E-state index contributed by atoms with van der Waals surface area (Å²) in [4.78, 5) is 0. The Morgan fingerprint density at radius 1 is 0.305 bits per heavy atom. The van der Waals surface area contributed by atoms with Gasteiger partial charge in [0.1, 0.15) is 23.4 Å². The van der Waals surface area contributed by atoms with Crippen molar-refractivity contribution < 1.29 is 19.7 Å². The van der Waals surface area contributed by atoms with Gasteiger partial charge >= 0.3 is 0 Å². The van der Waals surface area contributed by atoms with Crippen LogP contribution < -0.4 is 0 Å². The van der Waals surface area contributed by atoms with Crippen LogP contribution in [0.4, 0.5) is 0 Å². The van der Waals surface area contributed by atoms with E-state index in [4.69, 9.17) is 9.47 Å². The molecule has 8 aromatic carbocycles. The average molecular weight is 771 g/mol. The second-order valence-electron chi connectivity index (χ2n) is 15.8. The van der Waals surface area contributed by atoms with Gasteiger partial charge in [-0.05, 0) is 80.6 Å². The number of benzene rings is 8. The summed E-state index contributed by atoms with van der Waals surface area (Å²) >= 11 is 0. The average Bonchev–Trinajstić information content (AvgIpc) is 3.66. The maximum absolute atomic E-state index is 13.7. The van der Waals surface area contributed by atoms with E-state index in [9.17, 15) is 10.2 Å². The summed E-state index contributed by atoms with van der Waals surface area (Å²) in [6.07, 6.45) is -2.18. The van der Waals surface area contributed by atoms with Gasteiger partial charge in [-0.25, -0.2) is 0 Å². The van der Waals surface area contributed by atoms with E-state index < -0.39 is 29.2 Å². The van der Waals surface area contributed by atoms with Crippen LogP contribution in [-0.2, 0) is 20.7 Å². The number of ether oxygens (including phenoxy) is 2. The van der Waals surface area contributed by atoms with Crippen LogP contribution in [0.25, 0.3) is 44.5 Å². The molecule has 59 heavy (non-hydrogen) atoms. The smallest absolute Gasteiger partial charge is 0.164 e. The van der Waals surface area contributed by atoms with Crippen molar-refractivity contribution in [2.75, 3.05) is 0 Å². The van der Waals surface area contributed by atoms with Crippen LogP contribution in [0.1, 0.15) is 36.1 Å². The standard InChI is InChI=1S/C55H46O4/c1-53(2)58-51(54(56,47-31-23-43(24-32-47)39-15-7-3-8-16-39)48-33-25-44(26-34-48)40-17-9-4-10-18-40)52(59-53)55(57,49-35-27-45(28-36-49)41-19-11-5-12-20-41)50-37-29-46(30-38-50)42-21-13-6-14-22-42/h3-38,51-52,56-57H,1-2H3/t51-,52-/m1/s1. The molecule has 1 fully saturated rings. The number of hydrogen-bond donors (Lipinski definition) is 2. The second-order valence-corrected chi connectivity index (χ2v) is 15.8. The van der Waals surface area contributed by atoms with E-state index in [2.05, 4.69) is 48.5 Å². The normalized spacial score (nSPS) is 16.5. The molecule has 0 radical (unpaired) electrons. The molecule has 0 amide bonds. The molecule has 1 heterocycles. The molecule has 2 atom stereocenters. The molecular formula is C55H46O4. The third-order valence-corrected chi connectivity index (χ3v) is 11.6. The van der Waals surface area contributed by atoms with Crippen molar-refractivity contribution in [1.29, 1.82) is 0 Å². The quantitative estimate of drug-likeness (QED) is 0.145. The SMILES string of the molecule is CC1(C)O[C@@H](C(O)(c2ccc(-c3ccccc3)cc2)c2ccc(-c3ccccc3)cc2)[C@H](C(O)(c2ccc(-c3ccccc3)cc2)c2ccc(-c3ccccc3)cc2)O1. The minimum absolute atomic E-state index is 0.613. The molecule has 0 unspecified atom stereocenters. The first kappa shape index (κ1) is 38.1. The van der Waals surface area contributed by atoms with Gasteiger partial charge in [0.05, 0.1) is 0 Å². The molecule has 9 rings (SSSR count). The topological polar surface area (TPSA) is 58.9 Å². The summed E-state index contributed by atoms with van der Waals surface area (Å²) in [5.41, 5.74) is 7.24. The van der Waals surface area contributed by atoms with Gasteiger partial charge in [0.15, 0.2) is 5.79 Å². The van der Waals surface area contributed by atoms with Gasteiger partial charge in [0.25, 0.3) is 0 Å². The summed E-state index contributed by atoms with van der Waals surface area (Å²) in [6.45, 7) is 3.68. The Bertz CT molecular complexity index is 2250. The molecule has 1 saturated heterocycles. The monoisotopic (exact) mass is 770 g/mol. The van der Waals surface area contributed by atoms with Gasteiger partial charge in [-0.2, -0.15) is 0 Å². The van der Waals surface area contributed by atoms with Crippen molar-refractivity contribution in [3.63, 3.8) is 0 Å². The molecule has 1 aliphatic rings. The highest BCUT2D eigenvalue weighted by molar-refractivity contribution is 5.68. The zero-order chi connectivity index (χ0) is 40.5. The summed E-state index contributed by atoms with van der Waals surface area (Å²) < 4.78 is 13.8. The van der Waals surface area contributed by atoms with Gasteiger partial charge in [0, 0.05) is 0 Å². The number of aliphatic hydroxyl groups is 2. The Morgan fingerprint density at radius 2 is 0.492 bits per heavy atom. The van der Waals surface area contributed by atoms with E-state index in [0.717, 1.165) is 44.5 Å². The minimum Gasteiger partial charge on any atom is -0.378 e. The molecule has 0 aliphatic carbocycles. The Hall–Kier alpha value is -6.40. The molecule has 0 spiro atoms. The molecule has 2 N–H and O–H groups in total. The maximum atomic E-state index is 13.7. The molecule has 290 valence electrons. The van der Waals surface area contributed by atoms with Crippen LogP contribution in [0, 0.1) is 0 Å². The third kappa shape index (κ3) is 7.33. The van der Waals surface area contributed by atoms with Crippen molar-refractivity contribution in [2.45, 2.75) is 43.0 Å². The van der Waals surface area contributed by atoms with Gasteiger partial charge in [-0.1, -0.05) is 218 Å². The van der Waals surface area contributed by atoms with E-state index in [1.807, 2.05) is 184 Å². The zero-order valence-corrected chi connectivity index (χ0v) is 33.2. The molecule has 4 heteroatoms. The van der Waals surface area contributed by atoms with Crippen molar-refractivity contribution in [2.24, 2.45) is 0 Å². The molecule has 1 aliphatic heterocycles. The summed E-state index contributed by atoms with van der Waals surface area (Å²) in [5, 5.41) is 27.4. The Labute approximate surface area is 346 Å². The van der Waals surface area contributed by atoms with Crippen molar-refractivity contribution in [3.05, 3.63) is 241 Å². The Morgan fingerprint density at radius 3 is 0.695 bits per heavy atom. The molecule has 0 aromatic heterocycles. The largest absolute Gasteiger partial charge is 0.378 e. The predicted molar refractivity (Wildman–Crippen MR) is 237 cm³/mol. The second kappa shape index (κ2) is 15.7.